The van der Waals surface area contributed by atoms with Crippen molar-refractivity contribution < 1.29 is 14.7 Å². The number of nitrogens with one attached hydrogen (secondary N) is 2. The molecule has 6 heteroatoms. The number of anilines is 1. The number of aromatic carboxylic acids is 1. The lowest BCUT2D eigenvalue weighted by molar-refractivity contribution is -0.119. The molecule has 1 amide bonds. The zero-order chi connectivity index (χ0) is 14.7. The van der Waals surface area contributed by atoms with Crippen LogP contribution < -0.4 is 10.6 Å². The number of carboxylic acid groups (broad SMARTS) is 1. The number of halogens is 1. The zero-order valence-corrected chi connectivity index (χ0v) is 12.7. The third kappa shape index (κ3) is 3.58. The molecule has 2 rings (SSSR count). The van der Waals surface area contributed by atoms with Crippen LogP contribution in [0.4, 0.5) is 5.69 Å². The Morgan fingerprint density at radius 2 is 2.20 bits per heavy atom. The number of benzene rings is 1. The molecule has 0 spiro atoms. The molecule has 0 aromatic heterocycles. The van der Waals surface area contributed by atoms with E-state index in [-0.39, 0.29) is 17.5 Å². The summed E-state index contributed by atoms with van der Waals surface area (Å²) >= 11 is 3.28. The number of carbonyl (C=O) groups is 2. The predicted octanol–water partition coefficient (Wildman–Crippen LogP) is 2.47. The SMILES string of the molecule is CC1CCNC(C(=O)Nc2ccc(C(=O)O)cc2Br)C1. The van der Waals surface area contributed by atoms with E-state index in [4.69, 9.17) is 5.11 Å². The van der Waals surface area contributed by atoms with Crippen LogP contribution in [0.3, 0.4) is 0 Å². The molecule has 1 aliphatic heterocycles. The molecule has 1 heterocycles. The maximum atomic E-state index is 12.2. The summed E-state index contributed by atoms with van der Waals surface area (Å²) in [7, 11) is 0. The molecule has 1 aromatic rings. The lowest BCUT2D eigenvalue weighted by atomic mass is 9.94. The Balaban J connectivity index is 2.06. The second kappa shape index (κ2) is 6.37. The van der Waals surface area contributed by atoms with Crippen LogP contribution >= 0.6 is 15.9 Å². The summed E-state index contributed by atoms with van der Waals surface area (Å²) in [5.41, 5.74) is 0.763. The van der Waals surface area contributed by atoms with Crippen molar-refractivity contribution in [2.75, 3.05) is 11.9 Å². The van der Waals surface area contributed by atoms with E-state index < -0.39 is 5.97 Å². The fourth-order valence-corrected chi connectivity index (χ4v) is 2.75. The van der Waals surface area contributed by atoms with Gasteiger partial charge in [0.15, 0.2) is 0 Å². The smallest absolute Gasteiger partial charge is 0.335 e. The second-order valence-electron chi connectivity index (χ2n) is 5.13. The zero-order valence-electron chi connectivity index (χ0n) is 11.1. The van der Waals surface area contributed by atoms with Crippen molar-refractivity contribution in [1.82, 2.24) is 5.32 Å². The lowest BCUT2D eigenvalue weighted by Crippen LogP contribution is -2.45. The lowest BCUT2D eigenvalue weighted by Gasteiger charge is -2.27. The average Bonchev–Trinajstić information content (AvgIpc) is 2.40. The first-order chi connectivity index (χ1) is 9.47. The number of rotatable bonds is 3. The van der Waals surface area contributed by atoms with Crippen molar-refractivity contribution in [3.8, 4) is 0 Å². The fraction of sp³-hybridized carbons (Fsp3) is 0.429. The molecule has 1 aromatic carbocycles. The highest BCUT2D eigenvalue weighted by Gasteiger charge is 2.24. The third-order valence-electron chi connectivity index (χ3n) is 3.46. The summed E-state index contributed by atoms with van der Waals surface area (Å²) in [4.78, 5) is 23.0. The summed E-state index contributed by atoms with van der Waals surface area (Å²) in [6.45, 7) is 2.98. The van der Waals surface area contributed by atoms with Crippen LogP contribution in [0.15, 0.2) is 22.7 Å². The quantitative estimate of drug-likeness (QED) is 0.789. The highest BCUT2D eigenvalue weighted by atomic mass is 79.9. The first-order valence-electron chi connectivity index (χ1n) is 6.54. The minimum Gasteiger partial charge on any atom is -0.478 e. The van der Waals surface area contributed by atoms with Gasteiger partial charge in [-0.15, -0.1) is 0 Å². The van der Waals surface area contributed by atoms with Crippen molar-refractivity contribution in [3.05, 3.63) is 28.2 Å². The van der Waals surface area contributed by atoms with E-state index in [0.29, 0.717) is 16.1 Å². The third-order valence-corrected chi connectivity index (χ3v) is 4.11. The Kier molecular flexibility index (Phi) is 4.77. The second-order valence-corrected chi connectivity index (χ2v) is 5.98. The van der Waals surface area contributed by atoms with Crippen LogP contribution in [0.2, 0.25) is 0 Å². The highest BCUT2D eigenvalue weighted by Crippen LogP contribution is 2.25. The summed E-state index contributed by atoms with van der Waals surface area (Å²) in [5.74, 6) is -0.545. The molecule has 2 unspecified atom stereocenters. The fourth-order valence-electron chi connectivity index (χ4n) is 2.28. The van der Waals surface area contributed by atoms with Crippen molar-refractivity contribution in [2.45, 2.75) is 25.8 Å². The normalized spacial score (nSPS) is 22.3. The Hall–Kier alpha value is -1.40. The van der Waals surface area contributed by atoms with Crippen molar-refractivity contribution in [1.29, 1.82) is 0 Å². The molecular weight excluding hydrogens is 324 g/mol. The first kappa shape index (κ1) is 15.0. The summed E-state index contributed by atoms with van der Waals surface area (Å²) in [6.07, 6.45) is 1.90. The van der Waals surface area contributed by atoms with E-state index in [0.717, 1.165) is 19.4 Å². The van der Waals surface area contributed by atoms with E-state index >= 15 is 0 Å². The van der Waals surface area contributed by atoms with Gasteiger partial charge in [0.25, 0.3) is 0 Å². The van der Waals surface area contributed by atoms with Gasteiger partial charge >= 0.3 is 5.97 Å². The molecule has 1 fully saturated rings. The molecule has 0 radical (unpaired) electrons. The van der Waals surface area contributed by atoms with Crippen LogP contribution in [0.5, 0.6) is 0 Å². The molecule has 20 heavy (non-hydrogen) atoms. The van der Waals surface area contributed by atoms with Gasteiger partial charge < -0.3 is 15.7 Å². The molecule has 1 saturated heterocycles. The number of carbonyl (C=O) groups excluding carboxylic acids is 1. The van der Waals surface area contributed by atoms with Crippen LogP contribution in [-0.4, -0.2) is 29.6 Å². The van der Waals surface area contributed by atoms with Gasteiger partial charge in [0.1, 0.15) is 0 Å². The van der Waals surface area contributed by atoms with Gasteiger partial charge in [0.2, 0.25) is 5.91 Å². The molecule has 3 N–H and O–H groups in total. The molecule has 108 valence electrons. The molecular formula is C14H17BrN2O3. The van der Waals surface area contributed by atoms with Crippen LogP contribution in [0, 0.1) is 5.92 Å². The van der Waals surface area contributed by atoms with E-state index in [2.05, 4.69) is 33.5 Å². The topological polar surface area (TPSA) is 78.4 Å². The number of hydrogen-bond acceptors (Lipinski definition) is 3. The van der Waals surface area contributed by atoms with Crippen LogP contribution in [0.1, 0.15) is 30.1 Å². The number of amides is 1. The molecule has 1 aliphatic rings. The van der Waals surface area contributed by atoms with Crippen LogP contribution in [0.25, 0.3) is 0 Å². The predicted molar refractivity (Wildman–Crippen MR) is 79.9 cm³/mol. The van der Waals surface area contributed by atoms with Gasteiger partial charge in [0.05, 0.1) is 17.3 Å². The number of piperidine rings is 1. The first-order valence-corrected chi connectivity index (χ1v) is 7.33. The Labute approximate surface area is 125 Å². The van der Waals surface area contributed by atoms with Crippen molar-refractivity contribution >= 4 is 33.5 Å². The Bertz CT molecular complexity index is 533. The minimum absolute atomic E-state index is 0.0830. The van der Waals surface area contributed by atoms with Crippen LogP contribution in [-0.2, 0) is 4.79 Å². The molecule has 5 nitrogen and oxygen atoms in total. The molecule has 0 bridgehead atoms. The molecule has 0 saturated carbocycles. The van der Waals surface area contributed by atoms with E-state index in [1.165, 1.54) is 12.1 Å². The standard InChI is InChI=1S/C14H17BrN2O3/c1-8-4-5-16-12(6-8)13(18)17-11-3-2-9(14(19)20)7-10(11)15/h2-3,7-8,12,16H,4-6H2,1H3,(H,17,18)(H,19,20). The summed E-state index contributed by atoms with van der Waals surface area (Å²) < 4.78 is 0.564. The van der Waals surface area contributed by atoms with Gasteiger partial charge in [-0.3, -0.25) is 4.79 Å². The van der Waals surface area contributed by atoms with E-state index in [1.54, 1.807) is 6.07 Å². The maximum absolute atomic E-state index is 12.2. The average molecular weight is 341 g/mol. The van der Waals surface area contributed by atoms with Crippen molar-refractivity contribution in [3.63, 3.8) is 0 Å². The van der Waals surface area contributed by atoms with E-state index in [9.17, 15) is 9.59 Å². The number of carboxylic acids is 1. The maximum Gasteiger partial charge on any atom is 0.335 e. The minimum atomic E-state index is -0.994. The monoisotopic (exact) mass is 340 g/mol. The largest absolute Gasteiger partial charge is 0.478 e. The molecule has 2 atom stereocenters. The molecule has 0 aliphatic carbocycles. The van der Waals surface area contributed by atoms with Gasteiger partial charge in [-0.1, -0.05) is 6.92 Å². The van der Waals surface area contributed by atoms with Gasteiger partial charge in [-0.2, -0.15) is 0 Å². The van der Waals surface area contributed by atoms with Gasteiger partial charge in [-0.25, -0.2) is 4.79 Å². The summed E-state index contributed by atoms with van der Waals surface area (Å²) in [6, 6.07) is 4.36. The van der Waals surface area contributed by atoms with E-state index in [1.807, 2.05) is 0 Å². The van der Waals surface area contributed by atoms with Gasteiger partial charge in [-0.05, 0) is 59.4 Å². The van der Waals surface area contributed by atoms with Crippen molar-refractivity contribution in [2.24, 2.45) is 5.92 Å². The Morgan fingerprint density at radius 3 is 2.80 bits per heavy atom. The number of hydrogen-bond donors (Lipinski definition) is 3. The van der Waals surface area contributed by atoms with Gasteiger partial charge in [0, 0.05) is 4.47 Å². The summed E-state index contributed by atoms with van der Waals surface area (Å²) in [5, 5.41) is 14.9. The Morgan fingerprint density at radius 1 is 1.45 bits per heavy atom. The highest BCUT2D eigenvalue weighted by molar-refractivity contribution is 9.10.